The van der Waals surface area contributed by atoms with Crippen LogP contribution in [0.5, 0.6) is 0 Å². The number of hydrogen-bond donors (Lipinski definition) is 1. The predicted molar refractivity (Wildman–Crippen MR) is 103 cm³/mol. The van der Waals surface area contributed by atoms with Crippen LogP contribution in [0.15, 0.2) is 70.3 Å². The van der Waals surface area contributed by atoms with E-state index in [0.717, 1.165) is 6.26 Å². The second-order valence-corrected chi connectivity index (χ2v) is 8.28. The number of anilines is 1. The highest BCUT2D eigenvalue weighted by atomic mass is 79.9. The third-order valence-corrected chi connectivity index (χ3v) is 5.26. The first-order valence-electron chi connectivity index (χ1n) is 7.54. The molecule has 6 nitrogen and oxygen atoms in total. The Bertz CT molecular complexity index is 1050. The maximum Gasteiger partial charge on any atom is 0.277 e. The molecule has 0 atom stereocenters. The molecule has 0 radical (unpaired) electrons. The van der Waals surface area contributed by atoms with E-state index < -0.39 is 15.7 Å². The van der Waals surface area contributed by atoms with E-state index in [2.05, 4.69) is 31.2 Å². The standard InChI is InChI=1S/C18H14BrN3O3S/c1-26(24,25)14-9-7-12(8-10-14)15-11-20-17(19)16(22-15)18(23)21-13-5-3-2-4-6-13/h2-11H,1H3,(H,21,23). The van der Waals surface area contributed by atoms with Crippen molar-refractivity contribution in [2.24, 2.45) is 0 Å². The molecule has 2 aromatic carbocycles. The van der Waals surface area contributed by atoms with Crippen LogP contribution in [-0.4, -0.2) is 30.5 Å². The normalized spacial score (nSPS) is 11.2. The molecule has 132 valence electrons. The molecule has 0 saturated carbocycles. The molecule has 0 fully saturated rings. The molecule has 1 N–H and O–H groups in total. The number of para-hydroxylation sites is 1. The number of benzene rings is 2. The molecule has 0 aliphatic carbocycles. The van der Waals surface area contributed by atoms with Gasteiger partial charge in [0, 0.05) is 17.5 Å². The number of amides is 1. The molecule has 8 heteroatoms. The lowest BCUT2D eigenvalue weighted by Crippen LogP contribution is -2.15. The summed E-state index contributed by atoms with van der Waals surface area (Å²) in [5, 5.41) is 2.76. The van der Waals surface area contributed by atoms with Gasteiger partial charge in [-0.05, 0) is 40.2 Å². The topological polar surface area (TPSA) is 89.0 Å². The number of nitrogens with zero attached hydrogens (tertiary/aromatic N) is 2. The molecule has 26 heavy (non-hydrogen) atoms. The first-order chi connectivity index (χ1) is 12.3. The third kappa shape index (κ3) is 4.14. The molecule has 0 unspecified atom stereocenters. The molecule has 0 bridgehead atoms. The first kappa shape index (κ1) is 18.2. The molecular formula is C18H14BrN3O3S. The maximum absolute atomic E-state index is 12.5. The molecule has 1 heterocycles. The van der Waals surface area contributed by atoms with Gasteiger partial charge in [-0.1, -0.05) is 30.3 Å². The quantitative estimate of drug-likeness (QED) is 0.681. The van der Waals surface area contributed by atoms with E-state index in [0.29, 0.717) is 21.5 Å². The molecule has 3 rings (SSSR count). The lowest BCUT2D eigenvalue weighted by molar-refractivity contribution is 0.102. The molecule has 0 spiro atoms. The number of carbonyl (C=O) groups excluding carboxylic acids is 1. The van der Waals surface area contributed by atoms with Gasteiger partial charge in [0.25, 0.3) is 5.91 Å². The molecule has 1 aromatic heterocycles. The fraction of sp³-hybridized carbons (Fsp3) is 0.0556. The largest absolute Gasteiger partial charge is 0.321 e. The van der Waals surface area contributed by atoms with E-state index in [1.165, 1.54) is 18.3 Å². The van der Waals surface area contributed by atoms with Gasteiger partial charge in [-0.3, -0.25) is 4.79 Å². The Morgan fingerprint density at radius 2 is 1.69 bits per heavy atom. The number of carbonyl (C=O) groups is 1. The van der Waals surface area contributed by atoms with Crippen LogP contribution in [0, 0.1) is 0 Å². The van der Waals surface area contributed by atoms with E-state index in [9.17, 15) is 13.2 Å². The summed E-state index contributed by atoms with van der Waals surface area (Å²) in [4.78, 5) is 21.2. The van der Waals surface area contributed by atoms with Crippen LogP contribution in [0.25, 0.3) is 11.3 Å². The van der Waals surface area contributed by atoms with Crippen molar-refractivity contribution in [3.05, 3.63) is 71.1 Å². The van der Waals surface area contributed by atoms with Crippen molar-refractivity contribution < 1.29 is 13.2 Å². The smallest absolute Gasteiger partial charge is 0.277 e. The highest BCUT2D eigenvalue weighted by Crippen LogP contribution is 2.22. The Kier molecular flexibility index (Phi) is 5.15. The Morgan fingerprint density at radius 3 is 2.31 bits per heavy atom. The minimum absolute atomic E-state index is 0.138. The summed E-state index contributed by atoms with van der Waals surface area (Å²) in [6.45, 7) is 0. The van der Waals surface area contributed by atoms with Gasteiger partial charge in [0.15, 0.2) is 15.5 Å². The van der Waals surface area contributed by atoms with Crippen LogP contribution < -0.4 is 5.32 Å². The molecule has 3 aromatic rings. The minimum Gasteiger partial charge on any atom is -0.321 e. The second kappa shape index (κ2) is 7.35. The Balaban J connectivity index is 1.91. The number of rotatable bonds is 4. The summed E-state index contributed by atoms with van der Waals surface area (Å²) < 4.78 is 23.4. The Morgan fingerprint density at radius 1 is 1.04 bits per heavy atom. The highest BCUT2D eigenvalue weighted by molar-refractivity contribution is 9.10. The summed E-state index contributed by atoms with van der Waals surface area (Å²) in [7, 11) is -3.27. The zero-order valence-corrected chi connectivity index (χ0v) is 16.1. The monoisotopic (exact) mass is 431 g/mol. The summed E-state index contributed by atoms with van der Waals surface area (Å²) in [5.74, 6) is -0.398. The van der Waals surface area contributed by atoms with Crippen LogP contribution in [0.3, 0.4) is 0 Å². The van der Waals surface area contributed by atoms with Gasteiger partial charge >= 0.3 is 0 Å². The number of nitrogens with one attached hydrogen (secondary N) is 1. The van der Waals surface area contributed by atoms with Crippen LogP contribution >= 0.6 is 15.9 Å². The van der Waals surface area contributed by atoms with E-state index >= 15 is 0 Å². The lowest BCUT2D eigenvalue weighted by atomic mass is 10.1. The van der Waals surface area contributed by atoms with Gasteiger partial charge in [0.05, 0.1) is 16.8 Å². The van der Waals surface area contributed by atoms with E-state index in [1.807, 2.05) is 18.2 Å². The number of aromatic nitrogens is 2. The first-order valence-corrected chi connectivity index (χ1v) is 10.2. The van der Waals surface area contributed by atoms with Gasteiger partial charge in [0.2, 0.25) is 0 Å². The van der Waals surface area contributed by atoms with Crippen molar-refractivity contribution >= 4 is 37.4 Å². The molecular weight excluding hydrogens is 418 g/mol. The summed E-state index contributed by atoms with van der Waals surface area (Å²) in [5.41, 5.74) is 1.91. The van der Waals surface area contributed by atoms with Gasteiger partial charge in [-0.15, -0.1) is 0 Å². The molecule has 0 aliphatic heterocycles. The van der Waals surface area contributed by atoms with Crippen molar-refractivity contribution in [1.29, 1.82) is 0 Å². The summed E-state index contributed by atoms with van der Waals surface area (Å²) in [6, 6.07) is 15.3. The Hall–Kier alpha value is -2.58. The number of halogens is 1. The number of sulfone groups is 1. The maximum atomic E-state index is 12.5. The third-order valence-electron chi connectivity index (χ3n) is 3.55. The molecule has 0 aliphatic rings. The van der Waals surface area contributed by atoms with Gasteiger partial charge in [-0.2, -0.15) is 0 Å². The minimum atomic E-state index is -3.27. The number of hydrogen-bond acceptors (Lipinski definition) is 5. The second-order valence-electron chi connectivity index (χ2n) is 5.51. The average molecular weight is 432 g/mol. The summed E-state index contributed by atoms with van der Waals surface area (Å²) in [6.07, 6.45) is 2.66. The van der Waals surface area contributed by atoms with Crippen LogP contribution in [0.2, 0.25) is 0 Å². The van der Waals surface area contributed by atoms with Crippen LogP contribution in [0.1, 0.15) is 10.5 Å². The van der Waals surface area contributed by atoms with Crippen molar-refractivity contribution in [3.8, 4) is 11.3 Å². The summed E-state index contributed by atoms with van der Waals surface area (Å²) >= 11 is 3.24. The van der Waals surface area contributed by atoms with Gasteiger partial charge in [-0.25, -0.2) is 18.4 Å². The van der Waals surface area contributed by atoms with E-state index in [1.54, 1.807) is 24.3 Å². The SMILES string of the molecule is CS(=O)(=O)c1ccc(-c2cnc(Br)c(C(=O)Nc3ccccc3)n2)cc1. The average Bonchev–Trinajstić information content (AvgIpc) is 2.62. The fourth-order valence-electron chi connectivity index (χ4n) is 2.24. The molecule has 0 saturated heterocycles. The predicted octanol–water partition coefficient (Wildman–Crippen LogP) is 3.56. The van der Waals surface area contributed by atoms with Crippen molar-refractivity contribution in [2.75, 3.05) is 11.6 Å². The van der Waals surface area contributed by atoms with Crippen molar-refractivity contribution in [3.63, 3.8) is 0 Å². The van der Waals surface area contributed by atoms with Gasteiger partial charge in [0.1, 0.15) is 4.60 Å². The zero-order chi connectivity index (χ0) is 18.7. The lowest BCUT2D eigenvalue weighted by Gasteiger charge is -2.08. The van der Waals surface area contributed by atoms with Crippen molar-refractivity contribution in [2.45, 2.75) is 4.90 Å². The van der Waals surface area contributed by atoms with Crippen LogP contribution in [-0.2, 0) is 9.84 Å². The van der Waals surface area contributed by atoms with E-state index in [4.69, 9.17) is 0 Å². The van der Waals surface area contributed by atoms with Crippen LogP contribution in [0.4, 0.5) is 5.69 Å². The molecule has 1 amide bonds. The van der Waals surface area contributed by atoms with Gasteiger partial charge < -0.3 is 5.32 Å². The highest BCUT2D eigenvalue weighted by Gasteiger charge is 2.16. The fourth-order valence-corrected chi connectivity index (χ4v) is 3.24. The van der Waals surface area contributed by atoms with Crippen molar-refractivity contribution in [1.82, 2.24) is 9.97 Å². The van der Waals surface area contributed by atoms with E-state index in [-0.39, 0.29) is 10.6 Å². The zero-order valence-electron chi connectivity index (χ0n) is 13.7. The Labute approximate surface area is 159 Å².